The van der Waals surface area contributed by atoms with Crippen LogP contribution in [0.25, 0.3) is 0 Å². The molecule has 0 saturated heterocycles. The molecule has 2 N–H and O–H groups in total. The molecule has 3 unspecified atom stereocenters. The van der Waals surface area contributed by atoms with Crippen molar-refractivity contribution >= 4 is 0 Å². The summed E-state index contributed by atoms with van der Waals surface area (Å²) >= 11 is 0. The predicted molar refractivity (Wildman–Crippen MR) is 51.0 cm³/mol. The lowest BCUT2D eigenvalue weighted by Crippen LogP contribution is -2.33. The van der Waals surface area contributed by atoms with E-state index in [9.17, 15) is 5.11 Å². The lowest BCUT2D eigenvalue weighted by Gasteiger charge is -2.17. The molecule has 0 aromatic carbocycles. The van der Waals surface area contributed by atoms with Gasteiger partial charge in [0, 0.05) is 12.6 Å². The molecule has 1 aliphatic carbocycles. The first-order valence-electron chi connectivity index (χ1n) is 5.02. The number of hydrogen-bond donors (Lipinski definition) is 2. The fourth-order valence-electron chi connectivity index (χ4n) is 1.82. The van der Waals surface area contributed by atoms with Crippen LogP contribution in [0.5, 0.6) is 0 Å². The van der Waals surface area contributed by atoms with Gasteiger partial charge in [-0.2, -0.15) is 5.26 Å². The van der Waals surface area contributed by atoms with Crippen molar-refractivity contribution in [3.8, 4) is 6.07 Å². The summed E-state index contributed by atoms with van der Waals surface area (Å²) in [5.74, 6) is 0.404. The second-order valence-corrected chi connectivity index (χ2v) is 3.93. The number of nitriles is 1. The number of nitrogens with zero attached hydrogens (tertiary/aromatic N) is 1. The van der Waals surface area contributed by atoms with Crippen molar-refractivity contribution in [1.82, 2.24) is 5.32 Å². The number of rotatable bonds is 4. The minimum atomic E-state index is -0.123. The van der Waals surface area contributed by atoms with Crippen molar-refractivity contribution in [2.24, 2.45) is 5.92 Å². The highest BCUT2D eigenvalue weighted by atomic mass is 16.3. The van der Waals surface area contributed by atoms with Gasteiger partial charge in [0.05, 0.1) is 18.6 Å². The molecule has 0 aliphatic heterocycles. The Kier molecular flexibility index (Phi) is 4.20. The normalized spacial score (nSPS) is 29.9. The van der Waals surface area contributed by atoms with E-state index in [2.05, 4.69) is 11.4 Å². The Balaban J connectivity index is 2.15. The molecule has 1 aliphatic rings. The Hall–Kier alpha value is -0.590. The smallest absolute Gasteiger partial charge is 0.0638 e. The summed E-state index contributed by atoms with van der Waals surface area (Å²) in [7, 11) is 0. The highest BCUT2D eigenvalue weighted by Gasteiger charge is 2.24. The fraction of sp³-hybridized carbons (Fsp3) is 0.900. The van der Waals surface area contributed by atoms with Gasteiger partial charge in [-0.3, -0.25) is 0 Å². The fourth-order valence-corrected chi connectivity index (χ4v) is 1.82. The summed E-state index contributed by atoms with van der Waals surface area (Å²) in [6.07, 6.45) is 3.62. The van der Waals surface area contributed by atoms with E-state index in [1.807, 2.05) is 6.92 Å². The lowest BCUT2D eigenvalue weighted by atomic mass is 10.1. The zero-order valence-corrected chi connectivity index (χ0v) is 8.16. The summed E-state index contributed by atoms with van der Waals surface area (Å²) in [6.45, 7) is 2.86. The minimum absolute atomic E-state index is 0.123. The van der Waals surface area contributed by atoms with Gasteiger partial charge in [-0.05, 0) is 25.7 Å². The highest BCUT2D eigenvalue weighted by Crippen LogP contribution is 2.24. The van der Waals surface area contributed by atoms with Gasteiger partial charge < -0.3 is 10.4 Å². The Bertz CT molecular complexity index is 188. The first kappa shape index (κ1) is 10.5. The Morgan fingerprint density at radius 1 is 1.62 bits per heavy atom. The van der Waals surface area contributed by atoms with Gasteiger partial charge in [0.2, 0.25) is 0 Å². The lowest BCUT2D eigenvalue weighted by molar-refractivity contribution is 0.130. The van der Waals surface area contributed by atoms with E-state index >= 15 is 0 Å². The van der Waals surface area contributed by atoms with Gasteiger partial charge in [0.25, 0.3) is 0 Å². The first-order valence-corrected chi connectivity index (χ1v) is 5.02. The molecule has 0 heterocycles. The maximum atomic E-state index is 9.53. The van der Waals surface area contributed by atoms with Crippen LogP contribution in [0.4, 0.5) is 0 Å². The second kappa shape index (κ2) is 5.21. The van der Waals surface area contributed by atoms with Gasteiger partial charge >= 0.3 is 0 Å². The van der Waals surface area contributed by atoms with Crippen molar-refractivity contribution in [2.75, 3.05) is 6.54 Å². The molecule has 0 aromatic heterocycles. The average molecular weight is 182 g/mol. The van der Waals surface area contributed by atoms with Crippen LogP contribution in [0.3, 0.4) is 0 Å². The van der Waals surface area contributed by atoms with Crippen LogP contribution in [0.2, 0.25) is 0 Å². The summed E-state index contributed by atoms with van der Waals surface area (Å²) in [4.78, 5) is 0. The minimum Gasteiger partial charge on any atom is -0.393 e. The van der Waals surface area contributed by atoms with Gasteiger partial charge in [0.15, 0.2) is 0 Å². The van der Waals surface area contributed by atoms with Crippen molar-refractivity contribution in [1.29, 1.82) is 5.26 Å². The molecule has 0 bridgehead atoms. The van der Waals surface area contributed by atoms with Crippen LogP contribution in [-0.2, 0) is 0 Å². The molecule has 0 radical (unpaired) electrons. The van der Waals surface area contributed by atoms with Crippen LogP contribution in [-0.4, -0.2) is 23.8 Å². The van der Waals surface area contributed by atoms with E-state index in [0.29, 0.717) is 12.3 Å². The Morgan fingerprint density at radius 2 is 2.38 bits per heavy atom. The molecule has 1 fully saturated rings. The number of aliphatic hydroxyl groups excluding tert-OH is 1. The molecule has 1 saturated carbocycles. The molecule has 13 heavy (non-hydrogen) atoms. The van der Waals surface area contributed by atoms with Gasteiger partial charge in [0.1, 0.15) is 0 Å². The summed E-state index contributed by atoms with van der Waals surface area (Å²) in [5, 5.41) is 21.2. The molecule has 74 valence electrons. The summed E-state index contributed by atoms with van der Waals surface area (Å²) < 4.78 is 0. The van der Waals surface area contributed by atoms with Crippen LogP contribution in [0, 0.1) is 17.2 Å². The molecule has 3 heteroatoms. The third-order valence-electron chi connectivity index (χ3n) is 2.74. The van der Waals surface area contributed by atoms with E-state index in [4.69, 9.17) is 5.26 Å². The Labute approximate surface area is 79.8 Å². The second-order valence-electron chi connectivity index (χ2n) is 3.93. The molecule has 0 amide bonds. The number of nitrogens with one attached hydrogen (secondary N) is 1. The van der Waals surface area contributed by atoms with E-state index in [-0.39, 0.29) is 12.1 Å². The van der Waals surface area contributed by atoms with Crippen molar-refractivity contribution in [3.05, 3.63) is 0 Å². The average Bonchev–Trinajstić information content (AvgIpc) is 2.48. The highest BCUT2D eigenvalue weighted by molar-refractivity contribution is 4.82. The van der Waals surface area contributed by atoms with Crippen LogP contribution in [0.1, 0.15) is 32.6 Å². The number of hydrogen-bond acceptors (Lipinski definition) is 3. The third kappa shape index (κ3) is 3.33. The van der Waals surface area contributed by atoms with Gasteiger partial charge in [-0.25, -0.2) is 0 Å². The quantitative estimate of drug-likeness (QED) is 0.683. The van der Waals surface area contributed by atoms with Gasteiger partial charge in [-0.1, -0.05) is 6.42 Å². The first-order chi connectivity index (χ1) is 6.24. The maximum absolute atomic E-state index is 9.53. The largest absolute Gasteiger partial charge is 0.393 e. The standard InChI is InChI=1S/C10H18N2O/c1-8(5-6-11)12-7-9-3-2-4-10(9)13/h8-10,12-13H,2-5,7H2,1H3. The Morgan fingerprint density at radius 3 is 2.92 bits per heavy atom. The van der Waals surface area contributed by atoms with Crippen molar-refractivity contribution < 1.29 is 5.11 Å². The molecular formula is C10H18N2O. The predicted octanol–water partition coefficient (Wildman–Crippen LogP) is 1.04. The SMILES string of the molecule is CC(CC#N)NCC1CCCC1O. The molecule has 1 rings (SSSR count). The summed E-state index contributed by atoms with van der Waals surface area (Å²) in [5.41, 5.74) is 0. The third-order valence-corrected chi connectivity index (χ3v) is 2.74. The maximum Gasteiger partial charge on any atom is 0.0638 e. The van der Waals surface area contributed by atoms with Crippen LogP contribution in [0.15, 0.2) is 0 Å². The zero-order chi connectivity index (χ0) is 9.68. The summed E-state index contributed by atoms with van der Waals surface area (Å²) in [6, 6.07) is 2.38. The number of aliphatic hydroxyl groups is 1. The van der Waals surface area contributed by atoms with Crippen LogP contribution < -0.4 is 5.32 Å². The zero-order valence-electron chi connectivity index (χ0n) is 8.16. The van der Waals surface area contributed by atoms with E-state index in [1.165, 1.54) is 0 Å². The molecule has 3 atom stereocenters. The molecule has 0 aromatic rings. The van der Waals surface area contributed by atoms with E-state index in [1.54, 1.807) is 0 Å². The molecule has 0 spiro atoms. The van der Waals surface area contributed by atoms with E-state index in [0.717, 1.165) is 25.8 Å². The van der Waals surface area contributed by atoms with Crippen LogP contribution >= 0.6 is 0 Å². The van der Waals surface area contributed by atoms with Crippen molar-refractivity contribution in [3.63, 3.8) is 0 Å². The van der Waals surface area contributed by atoms with Gasteiger partial charge in [-0.15, -0.1) is 0 Å². The topological polar surface area (TPSA) is 56.0 Å². The van der Waals surface area contributed by atoms with E-state index < -0.39 is 0 Å². The molecule has 3 nitrogen and oxygen atoms in total. The van der Waals surface area contributed by atoms with Crippen molar-refractivity contribution in [2.45, 2.75) is 44.8 Å². The molecular weight excluding hydrogens is 164 g/mol. The monoisotopic (exact) mass is 182 g/mol.